The summed E-state index contributed by atoms with van der Waals surface area (Å²) < 4.78 is 0. The molecule has 0 amide bonds. The van der Waals surface area contributed by atoms with Gasteiger partial charge in [0.1, 0.15) is 6.04 Å². The molecule has 13 heavy (non-hydrogen) atoms. The lowest BCUT2D eigenvalue weighted by molar-refractivity contribution is -0.141. The van der Waals surface area contributed by atoms with Gasteiger partial charge in [-0.2, -0.15) is 0 Å². The van der Waals surface area contributed by atoms with Crippen molar-refractivity contribution in [2.24, 2.45) is 11.7 Å². The minimum absolute atomic E-state index is 0.264. The van der Waals surface area contributed by atoms with Crippen LogP contribution in [0.2, 0.25) is 0 Å². The van der Waals surface area contributed by atoms with E-state index in [1.807, 2.05) is 0 Å². The number of carboxylic acid groups (broad SMARTS) is 1. The van der Waals surface area contributed by atoms with Crippen molar-refractivity contribution < 1.29 is 15.0 Å². The smallest absolute Gasteiger partial charge is 0.320 e. The van der Waals surface area contributed by atoms with Crippen LogP contribution in [-0.2, 0) is 4.79 Å². The van der Waals surface area contributed by atoms with Gasteiger partial charge >= 0.3 is 5.97 Å². The molecule has 0 aromatic rings. The average Bonchev–Trinajstić information content (AvgIpc) is 2.28. The van der Waals surface area contributed by atoms with Crippen molar-refractivity contribution in [1.82, 2.24) is 0 Å². The first-order chi connectivity index (χ1) is 6.13. The van der Waals surface area contributed by atoms with Crippen molar-refractivity contribution in [2.75, 3.05) is 0 Å². The van der Waals surface area contributed by atoms with Gasteiger partial charge in [-0.1, -0.05) is 19.3 Å². The number of aliphatic carboxylic acids is 1. The number of nitrogens with two attached hydrogens (primary N) is 1. The molecule has 1 unspecified atom stereocenters. The zero-order valence-electron chi connectivity index (χ0n) is 7.65. The second-order valence-corrected chi connectivity index (χ2v) is 3.73. The Balaban J connectivity index is 2.58. The van der Waals surface area contributed by atoms with E-state index in [2.05, 4.69) is 0 Å². The highest BCUT2D eigenvalue weighted by molar-refractivity contribution is 5.73. The molecule has 3 atom stereocenters. The summed E-state index contributed by atoms with van der Waals surface area (Å²) >= 11 is 0. The van der Waals surface area contributed by atoms with Crippen molar-refractivity contribution in [3.8, 4) is 0 Å². The van der Waals surface area contributed by atoms with Crippen molar-refractivity contribution in [1.29, 1.82) is 0 Å². The Morgan fingerprint density at radius 1 is 1.31 bits per heavy atom. The van der Waals surface area contributed by atoms with Gasteiger partial charge in [-0.15, -0.1) is 0 Å². The first-order valence-electron chi connectivity index (χ1n) is 4.79. The third-order valence-corrected chi connectivity index (χ3v) is 2.78. The van der Waals surface area contributed by atoms with Gasteiger partial charge in [0, 0.05) is 5.92 Å². The van der Waals surface area contributed by atoms with Gasteiger partial charge in [-0.3, -0.25) is 4.79 Å². The molecule has 1 aliphatic carbocycles. The van der Waals surface area contributed by atoms with Crippen LogP contribution in [0.3, 0.4) is 0 Å². The molecule has 4 N–H and O–H groups in total. The maximum Gasteiger partial charge on any atom is 0.320 e. The van der Waals surface area contributed by atoms with Gasteiger partial charge in [-0.25, -0.2) is 0 Å². The Morgan fingerprint density at radius 2 is 1.92 bits per heavy atom. The number of carboxylic acids is 1. The number of carbonyl (C=O) groups is 1. The Labute approximate surface area is 77.7 Å². The summed E-state index contributed by atoms with van der Waals surface area (Å²) in [6.45, 7) is 0. The monoisotopic (exact) mass is 187 g/mol. The molecule has 1 fully saturated rings. The van der Waals surface area contributed by atoms with E-state index >= 15 is 0 Å². The fourth-order valence-corrected chi connectivity index (χ4v) is 1.92. The largest absolute Gasteiger partial charge is 0.480 e. The van der Waals surface area contributed by atoms with Crippen LogP contribution in [0.4, 0.5) is 0 Å². The van der Waals surface area contributed by atoms with Crippen molar-refractivity contribution in [2.45, 2.75) is 44.2 Å². The first kappa shape index (κ1) is 10.5. The highest BCUT2D eigenvalue weighted by Crippen LogP contribution is 2.25. The summed E-state index contributed by atoms with van der Waals surface area (Å²) in [6.07, 6.45) is 3.90. The molecular weight excluding hydrogens is 170 g/mol. The number of rotatable bonds is 2. The summed E-state index contributed by atoms with van der Waals surface area (Å²) in [6, 6.07) is -0.909. The van der Waals surface area contributed by atoms with E-state index in [1.165, 1.54) is 0 Å². The van der Waals surface area contributed by atoms with E-state index in [-0.39, 0.29) is 5.92 Å². The first-order valence-corrected chi connectivity index (χ1v) is 4.79. The van der Waals surface area contributed by atoms with Crippen molar-refractivity contribution in [3.63, 3.8) is 0 Å². The lowest BCUT2D eigenvalue weighted by atomic mass is 9.90. The van der Waals surface area contributed by atoms with Crippen LogP contribution >= 0.6 is 0 Å². The summed E-state index contributed by atoms with van der Waals surface area (Å²) in [5, 5.41) is 18.3. The Kier molecular flexibility index (Phi) is 3.69. The molecule has 0 aromatic carbocycles. The Morgan fingerprint density at radius 3 is 2.54 bits per heavy atom. The minimum atomic E-state index is -1.01. The predicted molar refractivity (Wildman–Crippen MR) is 48.2 cm³/mol. The summed E-state index contributed by atoms with van der Waals surface area (Å²) in [5.74, 6) is -1.27. The average molecular weight is 187 g/mol. The standard InChI is InChI=1S/C9H17NO3/c10-8(9(12)13)6-4-2-1-3-5-7(6)11/h6-8,11H,1-5,10H2,(H,12,13)/t6?,7-,8-/m0/s1. The second-order valence-electron chi connectivity index (χ2n) is 3.73. The van der Waals surface area contributed by atoms with Gasteiger partial charge in [0.25, 0.3) is 0 Å². The molecule has 0 radical (unpaired) electrons. The van der Waals surface area contributed by atoms with Crippen LogP contribution in [0.1, 0.15) is 32.1 Å². The molecule has 4 heteroatoms. The Bertz CT molecular complexity index is 184. The normalized spacial score (nSPS) is 32.2. The van der Waals surface area contributed by atoms with Gasteiger partial charge in [0.05, 0.1) is 6.10 Å². The van der Waals surface area contributed by atoms with Crippen LogP contribution < -0.4 is 5.73 Å². The second kappa shape index (κ2) is 4.58. The molecule has 0 bridgehead atoms. The van der Waals surface area contributed by atoms with Gasteiger partial charge < -0.3 is 15.9 Å². The molecule has 4 nitrogen and oxygen atoms in total. The van der Waals surface area contributed by atoms with Crippen molar-refractivity contribution in [3.05, 3.63) is 0 Å². The molecule has 1 rings (SSSR count). The van der Waals surface area contributed by atoms with E-state index in [0.29, 0.717) is 6.42 Å². The maximum absolute atomic E-state index is 10.6. The molecule has 0 saturated heterocycles. The quantitative estimate of drug-likeness (QED) is 0.544. The molecule has 0 aromatic heterocycles. The summed E-state index contributed by atoms with van der Waals surface area (Å²) in [4.78, 5) is 10.6. The highest BCUT2D eigenvalue weighted by Gasteiger charge is 2.31. The van der Waals surface area contributed by atoms with Crippen LogP contribution in [-0.4, -0.2) is 28.3 Å². The maximum atomic E-state index is 10.6. The molecule has 0 spiro atoms. The summed E-state index contributed by atoms with van der Waals surface area (Å²) in [7, 11) is 0. The number of aliphatic hydroxyl groups is 1. The Hall–Kier alpha value is -0.610. The SMILES string of the molecule is N[C@H](C(=O)O)C1CCCCC[C@@H]1O. The third kappa shape index (κ3) is 2.67. The van der Waals surface area contributed by atoms with Crippen LogP contribution in [0.5, 0.6) is 0 Å². The van der Waals surface area contributed by atoms with Crippen LogP contribution in [0, 0.1) is 5.92 Å². The topological polar surface area (TPSA) is 83.6 Å². The minimum Gasteiger partial charge on any atom is -0.480 e. The van der Waals surface area contributed by atoms with E-state index in [1.54, 1.807) is 0 Å². The summed E-state index contributed by atoms with van der Waals surface area (Å²) in [5.41, 5.74) is 5.49. The van der Waals surface area contributed by atoms with Gasteiger partial charge in [0.2, 0.25) is 0 Å². The predicted octanol–water partition coefficient (Wildman–Crippen LogP) is 0.339. The zero-order chi connectivity index (χ0) is 9.84. The van der Waals surface area contributed by atoms with Gasteiger partial charge in [-0.05, 0) is 12.8 Å². The number of aliphatic hydroxyl groups excluding tert-OH is 1. The fraction of sp³-hybridized carbons (Fsp3) is 0.889. The highest BCUT2D eigenvalue weighted by atomic mass is 16.4. The fourth-order valence-electron chi connectivity index (χ4n) is 1.92. The van der Waals surface area contributed by atoms with E-state index in [4.69, 9.17) is 10.8 Å². The van der Waals surface area contributed by atoms with E-state index in [0.717, 1.165) is 25.7 Å². The lowest BCUT2D eigenvalue weighted by Gasteiger charge is -2.23. The molecule has 76 valence electrons. The third-order valence-electron chi connectivity index (χ3n) is 2.78. The van der Waals surface area contributed by atoms with E-state index in [9.17, 15) is 9.90 Å². The molecule has 0 aliphatic heterocycles. The molecule has 1 saturated carbocycles. The molecule has 1 aliphatic rings. The molecular formula is C9H17NO3. The molecule has 0 heterocycles. The zero-order valence-corrected chi connectivity index (χ0v) is 7.65. The number of hydrogen-bond acceptors (Lipinski definition) is 3. The van der Waals surface area contributed by atoms with Crippen molar-refractivity contribution >= 4 is 5.97 Å². The number of hydrogen-bond donors (Lipinski definition) is 3. The van der Waals surface area contributed by atoms with Crippen LogP contribution in [0.25, 0.3) is 0 Å². The lowest BCUT2D eigenvalue weighted by Crippen LogP contribution is -2.43. The van der Waals surface area contributed by atoms with Gasteiger partial charge in [0.15, 0.2) is 0 Å². The van der Waals surface area contributed by atoms with Crippen LogP contribution in [0.15, 0.2) is 0 Å². The van der Waals surface area contributed by atoms with E-state index < -0.39 is 18.1 Å².